The van der Waals surface area contributed by atoms with E-state index in [1.165, 1.54) is 0 Å². The second-order valence-electron chi connectivity index (χ2n) is 12.8. The summed E-state index contributed by atoms with van der Waals surface area (Å²) in [5.41, 5.74) is 1.17. The lowest BCUT2D eigenvalue weighted by atomic mass is 9.78. The standard InChI is InChI=1S/C33H39ClN2O7/c1-32(31(40)43-18-20-6-7-21(41-2)15-27(20)42-3)11-4-5-23(32)30(39)36-14-10-22-24(34)8-9-26(37)29(22)25(36)17-35-19-33(12-13-33)16-28(35)38/h6-9,15,23,25,37H,4-5,10-14,16-19H2,1-3H3/t23-,25+,32-/m0/s1. The molecule has 2 aromatic rings. The quantitative estimate of drug-likeness (QED) is 0.417. The maximum Gasteiger partial charge on any atom is 0.312 e. The van der Waals surface area contributed by atoms with Gasteiger partial charge >= 0.3 is 5.97 Å². The monoisotopic (exact) mass is 610 g/mol. The van der Waals surface area contributed by atoms with Crippen LogP contribution in [0, 0.1) is 16.7 Å². The van der Waals surface area contributed by atoms with Crippen molar-refractivity contribution in [1.82, 2.24) is 9.80 Å². The highest BCUT2D eigenvalue weighted by molar-refractivity contribution is 6.31. The van der Waals surface area contributed by atoms with E-state index in [4.69, 9.17) is 25.8 Å². The molecule has 6 rings (SSSR count). The highest BCUT2D eigenvalue weighted by Crippen LogP contribution is 2.54. The summed E-state index contributed by atoms with van der Waals surface area (Å²) in [6.07, 6.45) is 4.90. The van der Waals surface area contributed by atoms with Gasteiger partial charge in [-0.1, -0.05) is 18.0 Å². The highest BCUT2D eigenvalue weighted by Gasteiger charge is 2.54. The van der Waals surface area contributed by atoms with Gasteiger partial charge in [0.2, 0.25) is 11.8 Å². The number of hydrogen-bond acceptors (Lipinski definition) is 7. The molecule has 9 nitrogen and oxygen atoms in total. The number of likely N-dealkylation sites (tertiary alicyclic amines) is 1. The molecule has 2 aliphatic carbocycles. The van der Waals surface area contributed by atoms with Crippen LogP contribution < -0.4 is 9.47 Å². The molecule has 43 heavy (non-hydrogen) atoms. The van der Waals surface area contributed by atoms with Crippen LogP contribution in [0.15, 0.2) is 30.3 Å². The Bertz CT molecular complexity index is 1460. The van der Waals surface area contributed by atoms with Crippen molar-refractivity contribution in [3.05, 3.63) is 52.0 Å². The lowest BCUT2D eigenvalue weighted by Crippen LogP contribution is -2.50. The fraction of sp³-hybridized carbons (Fsp3) is 0.545. The number of carbonyl (C=O) groups is 3. The Balaban J connectivity index is 1.24. The molecule has 1 spiro atoms. The fourth-order valence-electron chi connectivity index (χ4n) is 7.40. The van der Waals surface area contributed by atoms with Gasteiger partial charge in [-0.2, -0.15) is 0 Å². The summed E-state index contributed by atoms with van der Waals surface area (Å²) in [6, 6.07) is 7.98. The van der Waals surface area contributed by atoms with Crippen LogP contribution in [0.1, 0.15) is 68.2 Å². The van der Waals surface area contributed by atoms with E-state index in [9.17, 15) is 19.5 Å². The van der Waals surface area contributed by atoms with Crippen molar-refractivity contribution < 1.29 is 33.7 Å². The average Bonchev–Trinajstić information content (AvgIpc) is 3.52. The van der Waals surface area contributed by atoms with Gasteiger partial charge in [-0.3, -0.25) is 14.4 Å². The molecule has 230 valence electrons. The number of nitrogens with zero attached hydrogens (tertiary/aromatic N) is 2. The molecule has 1 saturated heterocycles. The van der Waals surface area contributed by atoms with Crippen LogP contribution in [0.25, 0.3) is 0 Å². The SMILES string of the molecule is COc1ccc(COC(=O)[C@@]2(C)CCC[C@H]2C(=O)N2CCc3c(Cl)ccc(O)c3[C@H]2CN2CC3(CC3)CC2=O)c(OC)c1. The first-order valence-electron chi connectivity index (χ1n) is 15.1. The molecule has 2 aromatic carbocycles. The minimum atomic E-state index is -1.01. The third-order valence-electron chi connectivity index (χ3n) is 10.2. The van der Waals surface area contributed by atoms with Gasteiger partial charge in [-0.05, 0) is 74.3 Å². The van der Waals surface area contributed by atoms with Crippen molar-refractivity contribution in [1.29, 1.82) is 0 Å². The van der Waals surface area contributed by atoms with Gasteiger partial charge in [0.1, 0.15) is 23.9 Å². The zero-order valence-electron chi connectivity index (χ0n) is 25.0. The van der Waals surface area contributed by atoms with Gasteiger partial charge in [-0.25, -0.2) is 0 Å². The Morgan fingerprint density at radius 1 is 1.12 bits per heavy atom. The number of rotatable bonds is 8. The second kappa shape index (κ2) is 11.2. The molecular formula is C33H39ClN2O7. The van der Waals surface area contributed by atoms with E-state index in [0.29, 0.717) is 79.4 Å². The average molecular weight is 611 g/mol. The lowest BCUT2D eigenvalue weighted by molar-refractivity contribution is -0.164. The van der Waals surface area contributed by atoms with Crippen LogP contribution >= 0.6 is 11.6 Å². The Labute approximate surface area is 257 Å². The number of amides is 2. The predicted molar refractivity (Wildman–Crippen MR) is 159 cm³/mol. The molecule has 3 atom stereocenters. The zero-order chi connectivity index (χ0) is 30.5. The van der Waals surface area contributed by atoms with Gasteiger partial charge in [0.15, 0.2) is 0 Å². The summed E-state index contributed by atoms with van der Waals surface area (Å²) in [6.45, 7) is 3.17. The van der Waals surface area contributed by atoms with Crippen molar-refractivity contribution in [2.24, 2.45) is 16.7 Å². The number of halogens is 1. The molecule has 4 aliphatic rings. The maximum absolute atomic E-state index is 14.4. The third kappa shape index (κ3) is 5.30. The number of benzene rings is 2. The van der Waals surface area contributed by atoms with E-state index >= 15 is 0 Å². The number of hydrogen-bond donors (Lipinski definition) is 1. The highest BCUT2D eigenvalue weighted by atomic mass is 35.5. The summed E-state index contributed by atoms with van der Waals surface area (Å²) in [4.78, 5) is 44.8. The summed E-state index contributed by atoms with van der Waals surface area (Å²) in [5.74, 6) is 0.168. The summed E-state index contributed by atoms with van der Waals surface area (Å²) in [7, 11) is 3.12. The number of carbonyl (C=O) groups excluding carboxylic acids is 3. The first-order valence-corrected chi connectivity index (χ1v) is 15.4. The van der Waals surface area contributed by atoms with E-state index in [1.54, 1.807) is 49.5 Å². The number of esters is 1. The van der Waals surface area contributed by atoms with E-state index in [-0.39, 0.29) is 29.6 Å². The van der Waals surface area contributed by atoms with Crippen molar-refractivity contribution >= 4 is 29.4 Å². The molecule has 0 radical (unpaired) electrons. The van der Waals surface area contributed by atoms with Gasteiger partial charge in [0, 0.05) is 48.3 Å². The number of aromatic hydroxyl groups is 1. The first-order chi connectivity index (χ1) is 20.6. The Kier molecular flexibility index (Phi) is 7.73. The van der Waals surface area contributed by atoms with E-state index < -0.39 is 23.3 Å². The van der Waals surface area contributed by atoms with Crippen molar-refractivity contribution in [2.75, 3.05) is 33.9 Å². The fourth-order valence-corrected chi connectivity index (χ4v) is 7.66. The molecule has 2 amide bonds. The predicted octanol–water partition coefficient (Wildman–Crippen LogP) is 5.05. The Hall–Kier alpha value is -3.46. The van der Waals surface area contributed by atoms with Gasteiger partial charge < -0.3 is 29.1 Å². The maximum atomic E-state index is 14.4. The van der Waals surface area contributed by atoms with Crippen LogP contribution in [-0.2, 0) is 32.1 Å². The Morgan fingerprint density at radius 3 is 2.60 bits per heavy atom. The van der Waals surface area contributed by atoms with Crippen LogP contribution in [-0.4, -0.2) is 66.5 Å². The van der Waals surface area contributed by atoms with Crippen molar-refractivity contribution in [3.8, 4) is 17.2 Å². The molecule has 0 aromatic heterocycles. The van der Waals surface area contributed by atoms with Crippen molar-refractivity contribution in [2.45, 2.75) is 64.5 Å². The van der Waals surface area contributed by atoms with Crippen molar-refractivity contribution in [3.63, 3.8) is 0 Å². The minimum absolute atomic E-state index is 0.00735. The second-order valence-corrected chi connectivity index (χ2v) is 13.2. The molecule has 2 aliphatic heterocycles. The first kappa shape index (κ1) is 29.6. The topological polar surface area (TPSA) is 106 Å². The lowest BCUT2D eigenvalue weighted by Gasteiger charge is -2.42. The van der Waals surface area contributed by atoms with Crippen LogP contribution in [0.4, 0.5) is 0 Å². The molecule has 0 unspecified atom stereocenters. The number of fused-ring (bicyclic) bond motifs is 1. The number of phenolic OH excluding ortho intramolecular Hbond substituents is 1. The van der Waals surface area contributed by atoms with Crippen LogP contribution in [0.3, 0.4) is 0 Å². The van der Waals surface area contributed by atoms with E-state index in [1.807, 2.05) is 11.8 Å². The number of phenols is 1. The normalized spacial score (nSPS) is 25.5. The smallest absolute Gasteiger partial charge is 0.312 e. The zero-order valence-corrected chi connectivity index (χ0v) is 25.7. The van der Waals surface area contributed by atoms with E-state index in [2.05, 4.69) is 0 Å². The molecule has 0 bridgehead atoms. The third-order valence-corrected chi connectivity index (χ3v) is 10.6. The van der Waals surface area contributed by atoms with Crippen LogP contribution in [0.2, 0.25) is 5.02 Å². The van der Waals surface area contributed by atoms with Gasteiger partial charge in [0.25, 0.3) is 0 Å². The molecule has 10 heteroatoms. The summed E-state index contributed by atoms with van der Waals surface area (Å²) >= 11 is 6.57. The largest absolute Gasteiger partial charge is 0.508 e. The number of ether oxygens (including phenoxy) is 3. The summed E-state index contributed by atoms with van der Waals surface area (Å²) < 4.78 is 16.5. The molecule has 2 heterocycles. The minimum Gasteiger partial charge on any atom is -0.508 e. The molecule has 3 fully saturated rings. The van der Waals surface area contributed by atoms with Gasteiger partial charge in [-0.15, -0.1) is 0 Å². The summed E-state index contributed by atoms with van der Waals surface area (Å²) in [5, 5.41) is 11.6. The van der Waals surface area contributed by atoms with Gasteiger partial charge in [0.05, 0.1) is 31.6 Å². The number of methoxy groups -OCH3 is 2. The van der Waals surface area contributed by atoms with Crippen LogP contribution in [0.5, 0.6) is 17.2 Å². The molecule has 1 N–H and O–H groups in total. The molecule has 2 saturated carbocycles. The van der Waals surface area contributed by atoms with E-state index in [0.717, 1.165) is 18.4 Å². The molecular weight excluding hydrogens is 572 g/mol. The Morgan fingerprint density at radius 2 is 1.91 bits per heavy atom.